The largest absolute Gasteiger partial charge is 0.453 e. The molecule has 3 aromatic rings. The number of ether oxygens (including phenoxy) is 2. The Hall–Kier alpha value is -3.48. The van der Waals surface area contributed by atoms with Gasteiger partial charge in [0.05, 0.1) is 25.9 Å². The van der Waals surface area contributed by atoms with Gasteiger partial charge in [0.1, 0.15) is 0 Å². The molecule has 1 aliphatic rings. The van der Waals surface area contributed by atoms with E-state index in [0.717, 1.165) is 36.7 Å². The lowest BCUT2D eigenvalue weighted by atomic mass is 10.1. The quantitative estimate of drug-likeness (QED) is 0.192. The zero-order valence-electron chi connectivity index (χ0n) is 25.3. The molecule has 4 rings (SSSR count). The van der Waals surface area contributed by atoms with Gasteiger partial charge in [0, 0.05) is 28.8 Å². The molecule has 2 atom stereocenters. The number of rotatable bonds is 9. The Bertz CT molecular complexity index is 1170. The molecule has 232 valence electrons. The summed E-state index contributed by atoms with van der Waals surface area (Å²) in [6.07, 6.45) is 11.4. The number of carbonyl (C=O) groups excluding carboxylic acids is 2. The number of alkyl carbamates (subject to hydrolysis) is 1. The van der Waals surface area contributed by atoms with E-state index in [2.05, 4.69) is 115 Å². The highest BCUT2D eigenvalue weighted by molar-refractivity contribution is 7.99. The summed E-state index contributed by atoms with van der Waals surface area (Å²) in [6.45, 7) is 6.08. The van der Waals surface area contributed by atoms with E-state index in [-0.39, 0.29) is 6.54 Å². The molecule has 1 heterocycles. The molecule has 1 fully saturated rings. The minimum Gasteiger partial charge on any atom is -0.453 e. The Morgan fingerprint density at radius 2 is 1.60 bits per heavy atom. The second-order valence-electron chi connectivity index (χ2n) is 9.51. The topological polar surface area (TPSA) is 103 Å². The van der Waals surface area contributed by atoms with E-state index < -0.39 is 12.0 Å². The highest BCUT2D eigenvalue weighted by Crippen LogP contribution is 2.27. The number of terminal acetylenes is 1. The van der Waals surface area contributed by atoms with Crippen molar-refractivity contribution in [2.24, 2.45) is 5.73 Å². The molecule has 4 N–H and O–H groups in total. The molecule has 0 aliphatic carbocycles. The zero-order valence-corrected chi connectivity index (χ0v) is 26.8. The first-order chi connectivity index (χ1) is 20.8. The average Bonchev–Trinajstić information content (AvgIpc) is 3.02. The molecule has 43 heavy (non-hydrogen) atoms. The van der Waals surface area contributed by atoms with Crippen molar-refractivity contribution in [3.63, 3.8) is 0 Å². The summed E-state index contributed by atoms with van der Waals surface area (Å²) in [5.41, 5.74) is 8.67. The lowest BCUT2D eigenvalue weighted by Crippen LogP contribution is -2.45. The van der Waals surface area contributed by atoms with Crippen molar-refractivity contribution in [3.05, 3.63) is 101 Å². The maximum atomic E-state index is 10.2. The molecule has 0 saturated carbocycles. The standard InChI is InChI=1S/C15H22ClNOS.C13H12.C4H8N2O3.C2H2/c1-3-4-13-8-17-9-14(18-13)10-19-15-6-5-12(16)7-11(15)2;1-3-7-12(8-4-1)11-13-9-5-2-6-10-13;1-9-4(8)6-2-3(5)7;1-2/h5-7,13-14,17H,3-4,8-10H2,1-2H3;1-10H,11H2;2H2,1H3,(H2,5,7)(H,6,8);1-2H/t13?,14-;;;/m0.../s1. The molecule has 7 nitrogen and oxygen atoms in total. The molecule has 0 radical (unpaired) electrons. The van der Waals surface area contributed by atoms with Crippen LogP contribution in [0.3, 0.4) is 0 Å². The van der Waals surface area contributed by atoms with Crippen LogP contribution in [0.5, 0.6) is 0 Å². The first-order valence-electron chi connectivity index (χ1n) is 14.1. The van der Waals surface area contributed by atoms with E-state index in [1.165, 1.54) is 35.1 Å². The molecular formula is C34H44ClN3O4S. The summed E-state index contributed by atoms with van der Waals surface area (Å²) >= 11 is 7.83. The zero-order chi connectivity index (χ0) is 31.9. The van der Waals surface area contributed by atoms with E-state index in [0.29, 0.717) is 12.2 Å². The molecule has 0 aromatic heterocycles. The first-order valence-corrected chi connectivity index (χ1v) is 15.4. The van der Waals surface area contributed by atoms with Crippen molar-refractivity contribution in [2.45, 2.75) is 50.2 Å². The molecule has 1 unspecified atom stereocenters. The van der Waals surface area contributed by atoms with E-state index in [1.54, 1.807) is 0 Å². The maximum Gasteiger partial charge on any atom is 0.407 e. The summed E-state index contributed by atoms with van der Waals surface area (Å²) in [4.78, 5) is 21.4. The van der Waals surface area contributed by atoms with Gasteiger partial charge in [0.15, 0.2) is 0 Å². The molecule has 1 saturated heterocycles. The third-order valence-electron chi connectivity index (χ3n) is 5.99. The number of carbonyl (C=O) groups is 2. The molecule has 0 spiro atoms. The van der Waals surface area contributed by atoms with Crippen molar-refractivity contribution >= 4 is 35.4 Å². The summed E-state index contributed by atoms with van der Waals surface area (Å²) in [5.74, 6) is 0.399. The smallest absolute Gasteiger partial charge is 0.407 e. The predicted octanol–water partition coefficient (Wildman–Crippen LogP) is 6.25. The molecule has 9 heteroatoms. The second kappa shape index (κ2) is 23.0. The van der Waals surface area contributed by atoms with Crippen LogP contribution in [0.2, 0.25) is 5.02 Å². The lowest BCUT2D eigenvalue weighted by Gasteiger charge is -2.30. The number of halogens is 1. The fourth-order valence-electron chi connectivity index (χ4n) is 3.98. The Morgan fingerprint density at radius 3 is 2.12 bits per heavy atom. The third-order valence-corrected chi connectivity index (χ3v) is 7.53. The number of nitrogens with two attached hydrogens (primary N) is 1. The van der Waals surface area contributed by atoms with Crippen LogP contribution >= 0.6 is 23.4 Å². The van der Waals surface area contributed by atoms with Gasteiger partial charge in [-0.1, -0.05) is 85.6 Å². The molecular weight excluding hydrogens is 582 g/mol. The molecule has 1 aliphatic heterocycles. The van der Waals surface area contributed by atoms with Crippen LogP contribution in [0.1, 0.15) is 36.5 Å². The van der Waals surface area contributed by atoms with Crippen LogP contribution in [0.25, 0.3) is 0 Å². The van der Waals surface area contributed by atoms with E-state index in [4.69, 9.17) is 16.3 Å². The van der Waals surface area contributed by atoms with Gasteiger partial charge in [-0.25, -0.2) is 4.79 Å². The minimum atomic E-state index is -0.659. The molecule has 2 amide bonds. The fraction of sp³-hybridized carbons (Fsp3) is 0.353. The third kappa shape index (κ3) is 17.3. The van der Waals surface area contributed by atoms with E-state index in [9.17, 15) is 9.59 Å². The number of thioether (sulfide) groups is 1. The van der Waals surface area contributed by atoms with Crippen LogP contribution < -0.4 is 16.4 Å². The number of methoxy groups -OCH3 is 1. The normalized spacial score (nSPS) is 15.1. The second-order valence-corrected chi connectivity index (χ2v) is 11.0. The van der Waals surface area contributed by atoms with Gasteiger partial charge in [0.2, 0.25) is 5.91 Å². The summed E-state index contributed by atoms with van der Waals surface area (Å²) in [5, 5.41) is 6.37. The Kier molecular flexibility index (Phi) is 20.1. The first kappa shape index (κ1) is 37.5. The van der Waals surface area contributed by atoms with E-state index >= 15 is 0 Å². The average molecular weight is 626 g/mol. The monoisotopic (exact) mass is 625 g/mol. The fourth-order valence-corrected chi connectivity index (χ4v) is 5.22. The number of aryl methyl sites for hydroxylation is 1. The number of morpholine rings is 1. The van der Waals surface area contributed by atoms with Crippen molar-refractivity contribution in [1.82, 2.24) is 10.6 Å². The van der Waals surface area contributed by atoms with Gasteiger partial charge in [-0.2, -0.15) is 0 Å². The van der Waals surface area contributed by atoms with Crippen LogP contribution in [-0.4, -0.2) is 56.7 Å². The number of hydrogen-bond acceptors (Lipinski definition) is 6. The van der Waals surface area contributed by atoms with Crippen LogP contribution in [0.15, 0.2) is 83.8 Å². The Balaban J connectivity index is 0.000000335. The van der Waals surface area contributed by atoms with Gasteiger partial charge in [-0.15, -0.1) is 24.6 Å². The van der Waals surface area contributed by atoms with Crippen molar-refractivity contribution in [2.75, 3.05) is 32.5 Å². The van der Waals surface area contributed by atoms with Crippen molar-refractivity contribution < 1.29 is 19.1 Å². The van der Waals surface area contributed by atoms with E-state index in [1.807, 2.05) is 23.9 Å². The molecule has 3 aromatic carbocycles. The van der Waals surface area contributed by atoms with Crippen molar-refractivity contribution in [1.29, 1.82) is 0 Å². The van der Waals surface area contributed by atoms with Gasteiger partial charge >= 0.3 is 6.09 Å². The van der Waals surface area contributed by atoms with Crippen LogP contribution in [0.4, 0.5) is 4.79 Å². The summed E-state index contributed by atoms with van der Waals surface area (Å²) < 4.78 is 10.2. The Labute approximate surface area is 266 Å². The maximum absolute atomic E-state index is 10.2. The summed E-state index contributed by atoms with van der Waals surface area (Å²) in [7, 11) is 1.20. The molecule has 0 bridgehead atoms. The highest BCUT2D eigenvalue weighted by Gasteiger charge is 2.21. The number of hydrogen-bond donors (Lipinski definition) is 3. The highest BCUT2D eigenvalue weighted by atomic mass is 35.5. The van der Waals surface area contributed by atoms with Gasteiger partial charge < -0.3 is 25.8 Å². The van der Waals surface area contributed by atoms with Crippen LogP contribution in [-0.2, 0) is 20.7 Å². The number of amides is 2. The van der Waals surface area contributed by atoms with Gasteiger partial charge in [0.25, 0.3) is 0 Å². The number of benzene rings is 3. The SMILES string of the molecule is C#C.CCCC1CNC[C@@H](CSc2ccc(Cl)cc2C)O1.COC(=O)NCC(N)=O.c1ccc(Cc2ccccc2)cc1. The van der Waals surface area contributed by atoms with Gasteiger partial charge in [-0.3, -0.25) is 4.79 Å². The predicted molar refractivity (Wildman–Crippen MR) is 179 cm³/mol. The Morgan fingerprint density at radius 1 is 1.02 bits per heavy atom. The minimum absolute atomic E-state index is 0.188. The van der Waals surface area contributed by atoms with Crippen molar-refractivity contribution in [3.8, 4) is 12.8 Å². The van der Waals surface area contributed by atoms with Crippen LogP contribution in [0, 0.1) is 19.8 Å². The lowest BCUT2D eigenvalue weighted by molar-refractivity contribution is -0.117. The number of nitrogens with one attached hydrogen (secondary N) is 2. The van der Waals surface area contributed by atoms with Gasteiger partial charge in [-0.05, 0) is 54.7 Å². The number of primary amides is 1. The summed E-state index contributed by atoms with van der Waals surface area (Å²) in [6, 6.07) is 27.1.